The van der Waals surface area contributed by atoms with Crippen molar-refractivity contribution in [2.45, 2.75) is 19.9 Å². The fourth-order valence-corrected chi connectivity index (χ4v) is 2.69. The third-order valence-electron chi connectivity index (χ3n) is 2.68. The molecule has 0 radical (unpaired) electrons. The van der Waals surface area contributed by atoms with E-state index in [1.807, 2.05) is 19.2 Å². The Morgan fingerprint density at radius 3 is 2.95 bits per heavy atom. The number of carbonyl (C=O) groups excluding carboxylic acids is 1. The fourth-order valence-electron chi connectivity index (χ4n) is 1.68. The fraction of sp³-hybridized carbons (Fsp3) is 0.286. The maximum Gasteiger partial charge on any atom is 0.238 e. The Bertz CT molecular complexity index is 600. The van der Waals surface area contributed by atoms with Crippen LogP contribution >= 0.6 is 22.9 Å². The lowest BCUT2D eigenvalue weighted by Gasteiger charge is -2.11. The second-order valence-electron chi connectivity index (χ2n) is 4.49. The average Bonchev–Trinajstić information content (AvgIpc) is 2.83. The molecular weight excluding hydrogens is 294 g/mol. The number of anilines is 1. The minimum atomic E-state index is -0.104. The van der Waals surface area contributed by atoms with Crippen LogP contribution in [-0.4, -0.2) is 17.4 Å². The zero-order valence-electron chi connectivity index (χ0n) is 11.3. The number of carbonyl (C=O) groups is 1. The number of rotatable bonds is 5. The van der Waals surface area contributed by atoms with Crippen molar-refractivity contribution in [3.8, 4) is 0 Å². The molecule has 6 heteroatoms. The zero-order chi connectivity index (χ0) is 14.5. The van der Waals surface area contributed by atoms with Crippen LogP contribution in [0.1, 0.15) is 23.7 Å². The summed E-state index contributed by atoms with van der Waals surface area (Å²) in [6.07, 6.45) is 0. The third kappa shape index (κ3) is 4.30. The van der Waals surface area contributed by atoms with Gasteiger partial charge in [-0.15, -0.1) is 11.3 Å². The van der Waals surface area contributed by atoms with Gasteiger partial charge in [-0.2, -0.15) is 0 Å². The van der Waals surface area contributed by atoms with Gasteiger partial charge in [0.1, 0.15) is 5.01 Å². The van der Waals surface area contributed by atoms with Crippen LogP contribution in [0.15, 0.2) is 29.6 Å². The van der Waals surface area contributed by atoms with Gasteiger partial charge in [-0.3, -0.25) is 10.1 Å². The molecular formula is C14H16ClN3OS. The summed E-state index contributed by atoms with van der Waals surface area (Å²) >= 11 is 7.46. The highest BCUT2D eigenvalue weighted by atomic mass is 35.5. The van der Waals surface area contributed by atoms with Crippen LogP contribution in [0.5, 0.6) is 0 Å². The SMILES string of the molecule is Cc1csc(C(C)NCC(=O)Nc2cccc(Cl)c2)n1. The highest BCUT2D eigenvalue weighted by Crippen LogP contribution is 2.17. The van der Waals surface area contributed by atoms with Crippen molar-refractivity contribution in [2.24, 2.45) is 0 Å². The summed E-state index contributed by atoms with van der Waals surface area (Å²) in [5.74, 6) is -0.104. The molecule has 1 heterocycles. The Hall–Kier alpha value is -1.43. The molecule has 1 amide bonds. The van der Waals surface area contributed by atoms with Gasteiger partial charge in [0, 0.05) is 21.8 Å². The second kappa shape index (κ2) is 6.83. The molecule has 0 bridgehead atoms. The summed E-state index contributed by atoms with van der Waals surface area (Å²) < 4.78 is 0. The van der Waals surface area contributed by atoms with Crippen molar-refractivity contribution in [1.29, 1.82) is 0 Å². The Morgan fingerprint density at radius 2 is 2.30 bits per heavy atom. The number of benzene rings is 1. The van der Waals surface area contributed by atoms with Crippen LogP contribution in [0, 0.1) is 6.92 Å². The van der Waals surface area contributed by atoms with Crippen molar-refractivity contribution >= 4 is 34.5 Å². The van der Waals surface area contributed by atoms with Crippen LogP contribution in [0.3, 0.4) is 0 Å². The van der Waals surface area contributed by atoms with Crippen LogP contribution in [-0.2, 0) is 4.79 Å². The van der Waals surface area contributed by atoms with Crippen molar-refractivity contribution < 1.29 is 4.79 Å². The number of halogens is 1. The van der Waals surface area contributed by atoms with E-state index in [9.17, 15) is 4.79 Å². The predicted octanol–water partition coefficient (Wildman–Crippen LogP) is 3.39. The highest BCUT2D eigenvalue weighted by molar-refractivity contribution is 7.09. The predicted molar refractivity (Wildman–Crippen MR) is 83.4 cm³/mol. The van der Waals surface area contributed by atoms with Gasteiger partial charge in [0.2, 0.25) is 5.91 Å². The van der Waals surface area contributed by atoms with Gasteiger partial charge in [-0.05, 0) is 32.0 Å². The van der Waals surface area contributed by atoms with E-state index in [2.05, 4.69) is 15.6 Å². The summed E-state index contributed by atoms with van der Waals surface area (Å²) in [7, 11) is 0. The van der Waals surface area contributed by atoms with Gasteiger partial charge >= 0.3 is 0 Å². The van der Waals surface area contributed by atoms with Gasteiger partial charge in [0.05, 0.1) is 12.6 Å². The minimum Gasteiger partial charge on any atom is -0.325 e. The zero-order valence-corrected chi connectivity index (χ0v) is 12.9. The van der Waals surface area contributed by atoms with E-state index in [1.54, 1.807) is 35.6 Å². The number of nitrogens with zero attached hydrogens (tertiary/aromatic N) is 1. The minimum absolute atomic E-state index is 0.0545. The Morgan fingerprint density at radius 1 is 1.50 bits per heavy atom. The van der Waals surface area contributed by atoms with E-state index in [1.165, 1.54) is 0 Å². The number of aromatic nitrogens is 1. The summed E-state index contributed by atoms with van der Waals surface area (Å²) in [5, 5.41) is 9.52. The van der Waals surface area contributed by atoms with Crippen LogP contribution in [0.25, 0.3) is 0 Å². The third-order valence-corrected chi connectivity index (χ3v) is 4.06. The summed E-state index contributed by atoms with van der Waals surface area (Å²) in [5.41, 5.74) is 1.70. The molecule has 1 unspecified atom stereocenters. The molecule has 0 aliphatic heterocycles. The van der Waals surface area contributed by atoms with Crippen molar-refractivity contribution in [3.05, 3.63) is 45.4 Å². The molecule has 106 valence electrons. The van der Waals surface area contributed by atoms with Crippen molar-refractivity contribution in [1.82, 2.24) is 10.3 Å². The standard InChI is InChI=1S/C14H16ClN3OS/c1-9-8-20-14(17-9)10(2)16-7-13(19)18-12-5-3-4-11(15)6-12/h3-6,8,10,16H,7H2,1-2H3,(H,18,19). The maximum atomic E-state index is 11.8. The second-order valence-corrected chi connectivity index (χ2v) is 5.81. The first-order valence-corrected chi connectivity index (χ1v) is 7.51. The molecule has 0 saturated heterocycles. The molecule has 0 saturated carbocycles. The van der Waals surface area contributed by atoms with E-state index in [0.717, 1.165) is 10.7 Å². The highest BCUT2D eigenvalue weighted by Gasteiger charge is 2.11. The van der Waals surface area contributed by atoms with Gasteiger partial charge in [-0.1, -0.05) is 17.7 Å². The normalized spacial score (nSPS) is 12.2. The summed E-state index contributed by atoms with van der Waals surface area (Å²) in [6, 6.07) is 7.14. The monoisotopic (exact) mass is 309 g/mol. The summed E-state index contributed by atoms with van der Waals surface area (Å²) in [6.45, 7) is 4.18. The molecule has 1 atom stereocenters. The largest absolute Gasteiger partial charge is 0.325 e. The molecule has 0 spiro atoms. The van der Waals surface area contributed by atoms with Crippen LogP contribution < -0.4 is 10.6 Å². The number of hydrogen-bond acceptors (Lipinski definition) is 4. The number of aryl methyl sites for hydroxylation is 1. The lowest BCUT2D eigenvalue weighted by molar-refractivity contribution is -0.115. The molecule has 2 rings (SSSR count). The average molecular weight is 310 g/mol. The summed E-state index contributed by atoms with van der Waals surface area (Å²) in [4.78, 5) is 16.2. The van der Waals surface area contributed by atoms with Crippen molar-refractivity contribution in [3.63, 3.8) is 0 Å². The number of nitrogens with one attached hydrogen (secondary N) is 2. The topological polar surface area (TPSA) is 54.0 Å². The first-order chi connectivity index (χ1) is 9.54. The maximum absolute atomic E-state index is 11.8. The van der Waals surface area contributed by atoms with E-state index in [4.69, 9.17) is 11.6 Å². The lowest BCUT2D eigenvalue weighted by atomic mass is 10.3. The van der Waals surface area contributed by atoms with E-state index < -0.39 is 0 Å². The molecule has 0 aliphatic rings. The van der Waals surface area contributed by atoms with Crippen molar-refractivity contribution in [2.75, 3.05) is 11.9 Å². The van der Waals surface area contributed by atoms with Crippen LogP contribution in [0.4, 0.5) is 5.69 Å². The Balaban J connectivity index is 1.83. The van der Waals surface area contributed by atoms with Gasteiger partial charge in [0.15, 0.2) is 0 Å². The molecule has 1 aromatic carbocycles. The van der Waals surface area contributed by atoms with Gasteiger partial charge in [-0.25, -0.2) is 4.98 Å². The molecule has 2 N–H and O–H groups in total. The lowest BCUT2D eigenvalue weighted by Crippen LogP contribution is -2.30. The number of hydrogen-bond donors (Lipinski definition) is 2. The first kappa shape index (κ1) is 15.0. The smallest absolute Gasteiger partial charge is 0.238 e. The van der Waals surface area contributed by atoms with Gasteiger partial charge in [0.25, 0.3) is 0 Å². The quantitative estimate of drug-likeness (QED) is 0.890. The Labute approximate surface area is 127 Å². The molecule has 0 aliphatic carbocycles. The van der Waals surface area contributed by atoms with E-state index >= 15 is 0 Å². The van der Waals surface area contributed by atoms with Crippen LogP contribution in [0.2, 0.25) is 5.02 Å². The molecule has 4 nitrogen and oxygen atoms in total. The Kier molecular flexibility index (Phi) is 5.11. The number of amides is 1. The number of thiazole rings is 1. The molecule has 0 fully saturated rings. The molecule has 2 aromatic rings. The first-order valence-electron chi connectivity index (χ1n) is 6.25. The van der Waals surface area contributed by atoms with E-state index in [0.29, 0.717) is 10.7 Å². The van der Waals surface area contributed by atoms with E-state index in [-0.39, 0.29) is 18.5 Å². The molecule has 20 heavy (non-hydrogen) atoms. The van der Waals surface area contributed by atoms with Gasteiger partial charge < -0.3 is 5.32 Å². The molecule has 1 aromatic heterocycles.